The van der Waals surface area contributed by atoms with Crippen LogP contribution in [0.4, 0.5) is 0 Å². The topological polar surface area (TPSA) is 76.4 Å². The number of nitrogens with zero attached hydrogens (tertiary/aromatic N) is 4. The summed E-state index contributed by atoms with van der Waals surface area (Å²) in [6, 6.07) is 7.96. The summed E-state index contributed by atoms with van der Waals surface area (Å²) in [4.78, 5) is 4.72. The number of hydrogen-bond acceptors (Lipinski definition) is 5. The molecule has 0 aliphatic rings. The van der Waals surface area contributed by atoms with E-state index >= 15 is 0 Å². The van der Waals surface area contributed by atoms with Gasteiger partial charge in [-0.2, -0.15) is 11.8 Å². The maximum Gasteiger partial charge on any atom is 0.192 e. The minimum Gasteiger partial charge on any atom is -0.497 e. The number of aromatic nitrogens is 3. The Kier molecular flexibility index (Phi) is 8.17. The van der Waals surface area contributed by atoms with Crippen LogP contribution in [0.25, 0.3) is 0 Å². The SMILES string of the molecule is COc1ccc(CN=C(NCCSC(C)(C)C)NCc2nnc(C)n2C)cc1. The van der Waals surface area contributed by atoms with Crippen molar-refractivity contribution in [1.82, 2.24) is 25.4 Å². The van der Waals surface area contributed by atoms with Crippen LogP contribution in [-0.2, 0) is 20.1 Å². The van der Waals surface area contributed by atoms with Gasteiger partial charge in [0.2, 0.25) is 0 Å². The number of ether oxygens (including phenoxy) is 1. The third kappa shape index (κ3) is 7.42. The van der Waals surface area contributed by atoms with Crippen molar-refractivity contribution in [3.63, 3.8) is 0 Å². The lowest BCUT2D eigenvalue weighted by atomic mass is 10.2. The van der Waals surface area contributed by atoms with Crippen LogP contribution in [0.15, 0.2) is 29.3 Å². The van der Waals surface area contributed by atoms with Crippen molar-refractivity contribution in [3.05, 3.63) is 41.5 Å². The fraction of sp³-hybridized carbons (Fsp3) is 0.550. The van der Waals surface area contributed by atoms with Crippen molar-refractivity contribution < 1.29 is 4.74 Å². The van der Waals surface area contributed by atoms with Crippen molar-refractivity contribution in [2.75, 3.05) is 19.4 Å². The van der Waals surface area contributed by atoms with Gasteiger partial charge >= 0.3 is 0 Å². The van der Waals surface area contributed by atoms with Crippen molar-refractivity contribution in [2.24, 2.45) is 12.0 Å². The quantitative estimate of drug-likeness (QED) is 0.400. The van der Waals surface area contributed by atoms with Gasteiger partial charge in [-0.05, 0) is 24.6 Å². The molecule has 0 radical (unpaired) electrons. The molecule has 0 aliphatic heterocycles. The highest BCUT2D eigenvalue weighted by atomic mass is 32.2. The molecule has 1 heterocycles. The lowest BCUT2D eigenvalue weighted by molar-refractivity contribution is 0.414. The van der Waals surface area contributed by atoms with E-state index in [9.17, 15) is 0 Å². The van der Waals surface area contributed by atoms with Gasteiger partial charge in [-0.1, -0.05) is 32.9 Å². The molecule has 0 fully saturated rings. The first-order valence-electron chi connectivity index (χ1n) is 9.42. The highest BCUT2D eigenvalue weighted by Crippen LogP contribution is 2.22. The van der Waals surface area contributed by atoms with Crippen molar-refractivity contribution in [2.45, 2.75) is 45.5 Å². The van der Waals surface area contributed by atoms with E-state index in [0.29, 0.717) is 13.1 Å². The third-order valence-corrected chi connectivity index (χ3v) is 5.38. The zero-order valence-corrected chi connectivity index (χ0v) is 18.6. The lowest BCUT2D eigenvalue weighted by Gasteiger charge is -2.18. The van der Waals surface area contributed by atoms with E-state index in [2.05, 4.69) is 41.6 Å². The second-order valence-electron chi connectivity index (χ2n) is 7.48. The van der Waals surface area contributed by atoms with Crippen LogP contribution >= 0.6 is 11.8 Å². The minimum absolute atomic E-state index is 0.256. The monoisotopic (exact) mass is 404 g/mol. The largest absolute Gasteiger partial charge is 0.497 e. The normalized spacial score (nSPS) is 12.1. The van der Waals surface area contributed by atoms with Crippen LogP contribution in [0.1, 0.15) is 38.0 Å². The van der Waals surface area contributed by atoms with Gasteiger partial charge in [-0.25, -0.2) is 4.99 Å². The minimum atomic E-state index is 0.256. The summed E-state index contributed by atoms with van der Waals surface area (Å²) in [5.41, 5.74) is 1.13. The van der Waals surface area contributed by atoms with Gasteiger partial charge in [0.15, 0.2) is 11.8 Å². The van der Waals surface area contributed by atoms with Crippen LogP contribution in [0.3, 0.4) is 0 Å². The molecule has 154 valence electrons. The van der Waals surface area contributed by atoms with E-state index in [1.807, 2.05) is 54.6 Å². The zero-order chi connectivity index (χ0) is 20.6. The van der Waals surface area contributed by atoms with Crippen LogP contribution in [0, 0.1) is 6.92 Å². The van der Waals surface area contributed by atoms with Crippen LogP contribution < -0.4 is 15.4 Å². The summed E-state index contributed by atoms with van der Waals surface area (Å²) in [5, 5.41) is 15.1. The van der Waals surface area contributed by atoms with Gasteiger partial charge in [0.1, 0.15) is 11.6 Å². The fourth-order valence-corrected chi connectivity index (χ4v) is 3.19. The maximum atomic E-state index is 5.21. The summed E-state index contributed by atoms with van der Waals surface area (Å²) < 4.78 is 7.44. The highest BCUT2D eigenvalue weighted by molar-refractivity contribution is 8.00. The molecule has 2 aromatic rings. The molecule has 1 aromatic heterocycles. The molecule has 0 spiro atoms. The molecule has 8 heteroatoms. The molecule has 0 unspecified atom stereocenters. The number of aryl methyl sites for hydroxylation is 1. The highest BCUT2D eigenvalue weighted by Gasteiger charge is 2.10. The summed E-state index contributed by atoms with van der Waals surface area (Å²) in [6.45, 7) is 10.6. The molecule has 0 amide bonds. The number of benzene rings is 1. The molecule has 7 nitrogen and oxygen atoms in total. The molecule has 28 heavy (non-hydrogen) atoms. The van der Waals surface area contributed by atoms with E-state index < -0.39 is 0 Å². The maximum absolute atomic E-state index is 5.21. The average molecular weight is 405 g/mol. The Labute approximate surface area is 172 Å². The Morgan fingerprint density at radius 3 is 2.46 bits per heavy atom. The lowest BCUT2D eigenvalue weighted by Crippen LogP contribution is -2.39. The predicted octanol–water partition coefficient (Wildman–Crippen LogP) is 2.90. The van der Waals surface area contributed by atoms with Crippen LogP contribution in [0.2, 0.25) is 0 Å². The smallest absolute Gasteiger partial charge is 0.192 e. The van der Waals surface area contributed by atoms with E-state index in [1.165, 1.54) is 0 Å². The summed E-state index contributed by atoms with van der Waals surface area (Å²) >= 11 is 1.93. The van der Waals surface area contributed by atoms with Gasteiger partial charge in [0.25, 0.3) is 0 Å². The van der Waals surface area contributed by atoms with E-state index in [0.717, 1.165) is 41.2 Å². The summed E-state index contributed by atoms with van der Waals surface area (Å²) in [6.07, 6.45) is 0. The number of methoxy groups -OCH3 is 1. The number of guanidine groups is 1. The molecule has 0 aliphatic carbocycles. The Balaban J connectivity index is 1.97. The van der Waals surface area contributed by atoms with E-state index in [4.69, 9.17) is 9.73 Å². The first kappa shape index (κ1) is 22.1. The Hall–Kier alpha value is -2.22. The van der Waals surface area contributed by atoms with Crippen molar-refractivity contribution in [3.8, 4) is 5.75 Å². The number of thioether (sulfide) groups is 1. The summed E-state index contributed by atoms with van der Waals surface area (Å²) in [5.74, 6) is 4.39. The summed E-state index contributed by atoms with van der Waals surface area (Å²) in [7, 11) is 3.64. The van der Waals surface area contributed by atoms with Crippen molar-refractivity contribution >= 4 is 17.7 Å². The predicted molar refractivity (Wildman–Crippen MR) is 117 cm³/mol. The first-order valence-corrected chi connectivity index (χ1v) is 10.4. The van der Waals surface area contributed by atoms with Crippen LogP contribution in [0.5, 0.6) is 5.75 Å². The van der Waals surface area contributed by atoms with Crippen LogP contribution in [-0.4, -0.2) is 44.9 Å². The van der Waals surface area contributed by atoms with E-state index in [-0.39, 0.29) is 4.75 Å². The van der Waals surface area contributed by atoms with E-state index in [1.54, 1.807) is 7.11 Å². The molecule has 2 N–H and O–H groups in total. The standard InChI is InChI=1S/C20H32N6OS/c1-15-24-25-18(26(15)5)14-23-19(21-11-12-28-20(2,3)4)22-13-16-7-9-17(27-6)10-8-16/h7-10H,11-14H2,1-6H3,(H2,21,22,23). The molecule has 1 aromatic carbocycles. The van der Waals surface area contributed by atoms with Gasteiger partial charge in [0, 0.05) is 24.1 Å². The molecular weight excluding hydrogens is 372 g/mol. The second-order valence-corrected chi connectivity index (χ2v) is 9.40. The Morgan fingerprint density at radius 2 is 1.89 bits per heavy atom. The number of nitrogens with one attached hydrogen (secondary N) is 2. The van der Waals surface area contributed by atoms with Crippen molar-refractivity contribution in [1.29, 1.82) is 0 Å². The molecule has 0 saturated heterocycles. The number of aliphatic imine (C=N–C) groups is 1. The average Bonchev–Trinajstić information content (AvgIpc) is 2.98. The van der Waals surface area contributed by atoms with Gasteiger partial charge in [-0.3, -0.25) is 0 Å². The van der Waals surface area contributed by atoms with Gasteiger partial charge < -0.3 is 19.9 Å². The Morgan fingerprint density at radius 1 is 1.18 bits per heavy atom. The molecule has 0 saturated carbocycles. The molecule has 2 rings (SSSR count). The molecule has 0 bridgehead atoms. The molecule has 0 atom stereocenters. The Bertz CT molecular complexity index is 764. The second kappa shape index (κ2) is 10.4. The number of hydrogen-bond donors (Lipinski definition) is 2. The zero-order valence-electron chi connectivity index (χ0n) is 17.7. The molecular formula is C20H32N6OS. The first-order chi connectivity index (χ1) is 13.3. The number of rotatable bonds is 8. The van der Waals surface area contributed by atoms with Gasteiger partial charge in [0.05, 0.1) is 20.2 Å². The third-order valence-electron chi connectivity index (χ3n) is 4.11. The van der Waals surface area contributed by atoms with Gasteiger partial charge in [-0.15, -0.1) is 10.2 Å². The fourth-order valence-electron chi connectivity index (χ4n) is 2.37.